The highest BCUT2D eigenvalue weighted by molar-refractivity contribution is 5.96. The van der Waals surface area contributed by atoms with Gasteiger partial charge in [0, 0.05) is 11.3 Å². The average Bonchev–Trinajstić information content (AvgIpc) is 2.48. The number of amides is 1. The first-order chi connectivity index (χ1) is 10.1. The SMILES string of the molecule is Nc1ccc(C(=O)NCC(=O)Oc2ccccc2O)cc1. The summed E-state index contributed by atoms with van der Waals surface area (Å²) in [5, 5.41) is 11.9. The number of hydrogen-bond donors (Lipinski definition) is 3. The first-order valence-corrected chi connectivity index (χ1v) is 6.18. The van der Waals surface area contributed by atoms with E-state index in [4.69, 9.17) is 10.5 Å². The largest absolute Gasteiger partial charge is 0.504 e. The Hall–Kier alpha value is -3.02. The molecule has 0 bridgehead atoms. The molecule has 0 spiro atoms. The topological polar surface area (TPSA) is 102 Å². The predicted molar refractivity (Wildman–Crippen MR) is 76.9 cm³/mol. The van der Waals surface area contributed by atoms with Crippen LogP contribution in [0.15, 0.2) is 48.5 Å². The molecule has 6 heteroatoms. The molecular formula is C15H14N2O4. The summed E-state index contributed by atoms with van der Waals surface area (Å²) in [6.45, 7) is -0.308. The number of nitrogen functional groups attached to an aromatic ring is 1. The molecule has 0 aliphatic rings. The van der Waals surface area contributed by atoms with Gasteiger partial charge < -0.3 is 20.9 Å². The molecule has 0 fully saturated rings. The molecular weight excluding hydrogens is 272 g/mol. The Morgan fingerprint density at radius 2 is 1.76 bits per heavy atom. The van der Waals surface area contributed by atoms with Crippen LogP contribution in [-0.2, 0) is 4.79 Å². The van der Waals surface area contributed by atoms with Crippen LogP contribution < -0.4 is 15.8 Å². The van der Waals surface area contributed by atoms with Crippen molar-refractivity contribution in [3.63, 3.8) is 0 Å². The van der Waals surface area contributed by atoms with Crippen molar-refractivity contribution in [3.8, 4) is 11.5 Å². The van der Waals surface area contributed by atoms with E-state index in [9.17, 15) is 14.7 Å². The third-order valence-electron chi connectivity index (χ3n) is 2.66. The van der Waals surface area contributed by atoms with Gasteiger partial charge in [0.05, 0.1) is 0 Å². The number of anilines is 1. The van der Waals surface area contributed by atoms with E-state index in [1.54, 1.807) is 36.4 Å². The maximum absolute atomic E-state index is 11.8. The zero-order valence-electron chi connectivity index (χ0n) is 11.1. The van der Waals surface area contributed by atoms with Crippen LogP contribution in [-0.4, -0.2) is 23.5 Å². The summed E-state index contributed by atoms with van der Waals surface area (Å²) in [6.07, 6.45) is 0. The number of hydrogen-bond acceptors (Lipinski definition) is 5. The molecule has 0 radical (unpaired) electrons. The minimum Gasteiger partial charge on any atom is -0.504 e. The van der Waals surface area contributed by atoms with E-state index in [1.165, 1.54) is 12.1 Å². The monoisotopic (exact) mass is 286 g/mol. The molecule has 0 saturated carbocycles. The van der Waals surface area contributed by atoms with Gasteiger partial charge >= 0.3 is 5.97 Å². The number of esters is 1. The van der Waals surface area contributed by atoms with E-state index in [1.807, 2.05) is 0 Å². The van der Waals surface area contributed by atoms with Crippen molar-refractivity contribution in [2.45, 2.75) is 0 Å². The summed E-state index contributed by atoms with van der Waals surface area (Å²) < 4.78 is 4.93. The summed E-state index contributed by atoms with van der Waals surface area (Å²) in [5.74, 6) is -1.19. The highest BCUT2D eigenvalue weighted by Crippen LogP contribution is 2.24. The summed E-state index contributed by atoms with van der Waals surface area (Å²) in [5.41, 5.74) is 6.45. The van der Waals surface area contributed by atoms with Gasteiger partial charge in [0.1, 0.15) is 6.54 Å². The first-order valence-electron chi connectivity index (χ1n) is 6.18. The Balaban J connectivity index is 1.88. The van der Waals surface area contributed by atoms with Gasteiger partial charge in [0.25, 0.3) is 5.91 Å². The van der Waals surface area contributed by atoms with Gasteiger partial charge in [-0.15, -0.1) is 0 Å². The molecule has 1 amide bonds. The standard InChI is InChI=1S/C15H14N2O4/c16-11-7-5-10(6-8-11)15(20)17-9-14(19)21-13-4-2-1-3-12(13)18/h1-8,18H,9,16H2,(H,17,20). The fourth-order valence-electron chi connectivity index (χ4n) is 1.59. The number of nitrogens with two attached hydrogens (primary N) is 1. The Bertz CT molecular complexity index is 653. The summed E-state index contributed by atoms with van der Waals surface area (Å²) in [6, 6.07) is 12.4. The predicted octanol–water partition coefficient (Wildman–Crippen LogP) is 1.31. The van der Waals surface area contributed by atoms with E-state index >= 15 is 0 Å². The maximum Gasteiger partial charge on any atom is 0.330 e. The van der Waals surface area contributed by atoms with Crippen molar-refractivity contribution < 1.29 is 19.4 Å². The van der Waals surface area contributed by atoms with Crippen LogP contribution in [0.25, 0.3) is 0 Å². The summed E-state index contributed by atoms with van der Waals surface area (Å²) >= 11 is 0. The van der Waals surface area contributed by atoms with Crippen molar-refractivity contribution in [2.24, 2.45) is 0 Å². The van der Waals surface area contributed by atoms with E-state index < -0.39 is 11.9 Å². The lowest BCUT2D eigenvalue weighted by Gasteiger charge is -2.07. The van der Waals surface area contributed by atoms with Gasteiger partial charge in [-0.2, -0.15) is 0 Å². The van der Waals surface area contributed by atoms with E-state index in [0.717, 1.165) is 0 Å². The second-order valence-corrected chi connectivity index (χ2v) is 4.25. The fourth-order valence-corrected chi connectivity index (χ4v) is 1.59. The van der Waals surface area contributed by atoms with Crippen LogP contribution in [0.4, 0.5) is 5.69 Å². The van der Waals surface area contributed by atoms with Crippen LogP contribution in [0, 0.1) is 0 Å². The third kappa shape index (κ3) is 3.97. The minimum atomic E-state index is -0.680. The van der Waals surface area contributed by atoms with Crippen molar-refractivity contribution in [1.82, 2.24) is 5.32 Å². The zero-order chi connectivity index (χ0) is 15.2. The van der Waals surface area contributed by atoms with Crippen LogP contribution >= 0.6 is 0 Å². The first kappa shape index (κ1) is 14.4. The maximum atomic E-state index is 11.8. The minimum absolute atomic E-state index is 0.0456. The van der Waals surface area contributed by atoms with E-state index in [-0.39, 0.29) is 18.0 Å². The highest BCUT2D eigenvalue weighted by Gasteiger charge is 2.11. The molecule has 2 rings (SSSR count). The van der Waals surface area contributed by atoms with Crippen LogP contribution in [0.5, 0.6) is 11.5 Å². The molecule has 2 aromatic carbocycles. The molecule has 6 nitrogen and oxygen atoms in total. The van der Waals surface area contributed by atoms with Crippen LogP contribution in [0.1, 0.15) is 10.4 Å². The molecule has 0 aliphatic carbocycles. The smallest absolute Gasteiger partial charge is 0.330 e. The molecule has 0 aliphatic heterocycles. The third-order valence-corrected chi connectivity index (χ3v) is 2.66. The molecule has 0 heterocycles. The lowest BCUT2D eigenvalue weighted by molar-refractivity contribution is -0.133. The van der Waals surface area contributed by atoms with Crippen molar-refractivity contribution in [1.29, 1.82) is 0 Å². The number of rotatable bonds is 4. The van der Waals surface area contributed by atoms with E-state index in [0.29, 0.717) is 11.3 Å². The van der Waals surface area contributed by atoms with Crippen LogP contribution in [0.2, 0.25) is 0 Å². The molecule has 108 valence electrons. The molecule has 0 unspecified atom stereocenters. The van der Waals surface area contributed by atoms with Gasteiger partial charge in [0.2, 0.25) is 0 Å². The van der Waals surface area contributed by atoms with Gasteiger partial charge in [-0.05, 0) is 36.4 Å². The Labute approximate surface area is 121 Å². The number of para-hydroxylation sites is 2. The number of benzene rings is 2. The van der Waals surface area contributed by atoms with Gasteiger partial charge in [-0.1, -0.05) is 12.1 Å². The molecule has 0 saturated heterocycles. The fraction of sp³-hybridized carbons (Fsp3) is 0.0667. The van der Waals surface area contributed by atoms with Gasteiger partial charge in [-0.25, -0.2) is 4.79 Å². The number of phenols is 1. The van der Waals surface area contributed by atoms with Crippen molar-refractivity contribution >= 4 is 17.6 Å². The second kappa shape index (κ2) is 6.42. The molecule has 2 aromatic rings. The van der Waals surface area contributed by atoms with Crippen molar-refractivity contribution in [2.75, 3.05) is 12.3 Å². The van der Waals surface area contributed by atoms with E-state index in [2.05, 4.69) is 5.32 Å². The lowest BCUT2D eigenvalue weighted by atomic mass is 10.2. The lowest BCUT2D eigenvalue weighted by Crippen LogP contribution is -2.31. The number of ether oxygens (including phenoxy) is 1. The van der Waals surface area contributed by atoms with Crippen molar-refractivity contribution in [3.05, 3.63) is 54.1 Å². The van der Waals surface area contributed by atoms with Gasteiger partial charge in [-0.3, -0.25) is 4.79 Å². The quantitative estimate of drug-likeness (QED) is 0.447. The number of phenolic OH excluding ortho intramolecular Hbond substituents is 1. The Kier molecular flexibility index (Phi) is 4.40. The number of carbonyl (C=O) groups is 2. The average molecular weight is 286 g/mol. The second-order valence-electron chi connectivity index (χ2n) is 4.25. The summed E-state index contributed by atoms with van der Waals surface area (Å²) in [7, 11) is 0. The normalized spacial score (nSPS) is 9.90. The molecule has 21 heavy (non-hydrogen) atoms. The number of aromatic hydroxyl groups is 1. The number of nitrogens with one attached hydrogen (secondary N) is 1. The van der Waals surface area contributed by atoms with Gasteiger partial charge in [0.15, 0.2) is 11.5 Å². The van der Waals surface area contributed by atoms with Crippen LogP contribution in [0.3, 0.4) is 0 Å². The molecule has 4 N–H and O–H groups in total. The molecule has 0 atom stereocenters. The molecule has 0 aromatic heterocycles. The number of carbonyl (C=O) groups excluding carboxylic acids is 2. The Morgan fingerprint density at radius 3 is 2.43 bits per heavy atom. The highest BCUT2D eigenvalue weighted by atomic mass is 16.5. The Morgan fingerprint density at radius 1 is 1.10 bits per heavy atom. The zero-order valence-corrected chi connectivity index (χ0v) is 11.1. The summed E-state index contributed by atoms with van der Waals surface area (Å²) in [4.78, 5) is 23.4.